The van der Waals surface area contributed by atoms with Crippen LogP contribution in [0.2, 0.25) is 0 Å². The molecule has 0 spiro atoms. The summed E-state index contributed by atoms with van der Waals surface area (Å²) in [6.07, 6.45) is -3.62. The molecule has 1 aromatic heterocycles. The van der Waals surface area contributed by atoms with Gasteiger partial charge in [0.2, 0.25) is 0 Å². The van der Waals surface area contributed by atoms with E-state index in [0.717, 1.165) is 6.20 Å². The van der Waals surface area contributed by atoms with Gasteiger partial charge >= 0.3 is 13.8 Å². The molecule has 0 fully saturated rings. The van der Waals surface area contributed by atoms with Gasteiger partial charge in [0.25, 0.3) is 0 Å². The van der Waals surface area contributed by atoms with Crippen molar-refractivity contribution in [2.45, 2.75) is 26.2 Å². The minimum atomic E-state index is -4.48. The molecule has 0 aliphatic carbocycles. The fourth-order valence-electron chi connectivity index (χ4n) is 1.22. The maximum atomic E-state index is 12.3. The van der Waals surface area contributed by atoms with Crippen LogP contribution in [-0.2, 0) is 26.0 Å². The van der Waals surface area contributed by atoms with Gasteiger partial charge in [0.15, 0.2) is 5.01 Å². The Labute approximate surface area is 107 Å². The highest BCUT2D eigenvalue weighted by molar-refractivity contribution is 7.53. The summed E-state index contributed by atoms with van der Waals surface area (Å²) < 4.78 is 59.1. The smallest absolute Gasteiger partial charge is 0.309 e. The van der Waals surface area contributed by atoms with E-state index >= 15 is 0 Å². The molecule has 0 aromatic carbocycles. The molecule has 0 amide bonds. The third-order valence-electron chi connectivity index (χ3n) is 1.80. The molecule has 9 heteroatoms. The first kappa shape index (κ1) is 15.6. The number of thiazole rings is 1. The molecule has 1 aromatic rings. The van der Waals surface area contributed by atoms with Crippen LogP contribution in [0.3, 0.4) is 0 Å². The molecule has 1 heterocycles. The first-order chi connectivity index (χ1) is 8.30. The van der Waals surface area contributed by atoms with Crippen LogP contribution in [-0.4, -0.2) is 18.2 Å². The number of hydrogen-bond acceptors (Lipinski definition) is 5. The van der Waals surface area contributed by atoms with Crippen molar-refractivity contribution in [3.63, 3.8) is 0 Å². The fourth-order valence-corrected chi connectivity index (χ4v) is 4.04. The zero-order valence-corrected chi connectivity index (χ0v) is 11.6. The quantitative estimate of drug-likeness (QED) is 0.747. The summed E-state index contributed by atoms with van der Waals surface area (Å²) in [6, 6.07) is 0. The molecule has 1 rings (SSSR count). The van der Waals surface area contributed by atoms with E-state index < -0.39 is 18.8 Å². The topological polar surface area (TPSA) is 48.4 Å². The predicted molar refractivity (Wildman–Crippen MR) is 61.7 cm³/mol. The van der Waals surface area contributed by atoms with Crippen LogP contribution < -0.4 is 0 Å². The fraction of sp³-hybridized carbons (Fsp3) is 0.667. The molecule has 104 valence electrons. The van der Waals surface area contributed by atoms with E-state index in [1.54, 1.807) is 13.8 Å². The van der Waals surface area contributed by atoms with Crippen LogP contribution in [0.4, 0.5) is 13.2 Å². The number of rotatable bonds is 6. The minimum absolute atomic E-state index is 0.169. The van der Waals surface area contributed by atoms with Crippen molar-refractivity contribution in [2.24, 2.45) is 0 Å². The predicted octanol–water partition coefficient (Wildman–Crippen LogP) is 3.93. The van der Waals surface area contributed by atoms with Crippen molar-refractivity contribution >= 4 is 18.9 Å². The Morgan fingerprint density at radius 3 is 2.28 bits per heavy atom. The van der Waals surface area contributed by atoms with Crippen LogP contribution in [0.1, 0.15) is 23.7 Å². The van der Waals surface area contributed by atoms with Crippen molar-refractivity contribution in [1.29, 1.82) is 0 Å². The van der Waals surface area contributed by atoms with E-state index in [1.807, 2.05) is 0 Å². The molecule has 0 atom stereocenters. The molecule has 0 saturated carbocycles. The SMILES string of the molecule is CCOP(=O)(Cc1cnc(C(F)(F)F)s1)OCC. The minimum Gasteiger partial charge on any atom is -0.309 e. The number of halogens is 3. The molecular formula is C9H13F3NO3PS. The van der Waals surface area contributed by atoms with E-state index in [2.05, 4.69) is 4.98 Å². The second-order valence-corrected chi connectivity index (χ2v) is 6.40. The maximum Gasteiger partial charge on any atom is 0.443 e. The van der Waals surface area contributed by atoms with Crippen LogP contribution in [0.25, 0.3) is 0 Å². The summed E-state index contributed by atoms with van der Waals surface area (Å²) in [5.41, 5.74) is 0. The maximum absolute atomic E-state index is 12.3. The summed E-state index contributed by atoms with van der Waals surface area (Å²) in [7, 11) is -3.38. The molecule has 0 saturated heterocycles. The second kappa shape index (κ2) is 6.14. The number of alkyl halides is 3. The monoisotopic (exact) mass is 303 g/mol. The van der Waals surface area contributed by atoms with E-state index in [9.17, 15) is 17.7 Å². The van der Waals surface area contributed by atoms with Crippen molar-refractivity contribution < 1.29 is 26.8 Å². The van der Waals surface area contributed by atoms with Gasteiger partial charge in [-0.15, -0.1) is 11.3 Å². The molecule has 0 unspecified atom stereocenters. The Morgan fingerprint density at radius 2 is 1.89 bits per heavy atom. The van der Waals surface area contributed by atoms with Crippen molar-refractivity contribution in [1.82, 2.24) is 4.98 Å². The molecule has 0 radical (unpaired) electrons. The summed E-state index contributed by atoms with van der Waals surface area (Å²) in [5, 5.41) is -0.961. The Bertz CT molecular complexity index is 425. The van der Waals surface area contributed by atoms with E-state index in [0.29, 0.717) is 11.3 Å². The molecule has 0 N–H and O–H groups in total. The summed E-state index contributed by atoms with van der Waals surface area (Å²) in [6.45, 7) is 3.61. The van der Waals surface area contributed by atoms with Gasteiger partial charge in [-0.3, -0.25) is 4.57 Å². The zero-order valence-electron chi connectivity index (χ0n) is 9.86. The van der Waals surface area contributed by atoms with Gasteiger partial charge in [-0.2, -0.15) is 13.2 Å². The highest BCUT2D eigenvalue weighted by Crippen LogP contribution is 2.52. The van der Waals surface area contributed by atoms with Crippen molar-refractivity contribution in [3.8, 4) is 0 Å². The molecule has 0 aliphatic rings. The van der Waals surface area contributed by atoms with Gasteiger partial charge in [-0.05, 0) is 13.8 Å². The number of aromatic nitrogens is 1. The summed E-state index contributed by atoms with van der Waals surface area (Å²) >= 11 is 0.450. The highest BCUT2D eigenvalue weighted by atomic mass is 32.1. The zero-order chi connectivity index (χ0) is 13.8. The Morgan fingerprint density at radius 1 is 1.33 bits per heavy atom. The normalized spacial score (nSPS) is 12.9. The lowest BCUT2D eigenvalue weighted by Crippen LogP contribution is -2.02. The average molecular weight is 303 g/mol. The van der Waals surface area contributed by atoms with E-state index in [1.165, 1.54) is 0 Å². The van der Waals surface area contributed by atoms with Crippen LogP contribution >= 0.6 is 18.9 Å². The Kier molecular flexibility index (Phi) is 5.33. The van der Waals surface area contributed by atoms with Crippen LogP contribution in [0.15, 0.2) is 6.20 Å². The van der Waals surface area contributed by atoms with Crippen molar-refractivity contribution in [2.75, 3.05) is 13.2 Å². The molecular weight excluding hydrogens is 290 g/mol. The standard InChI is InChI=1S/C9H13F3NO3PS/c1-3-15-17(14,16-4-2)6-7-5-13-8(18-7)9(10,11)12/h5H,3-4,6H2,1-2H3. The van der Waals surface area contributed by atoms with Gasteiger partial charge < -0.3 is 9.05 Å². The summed E-state index contributed by atoms with van der Waals surface area (Å²) in [5.74, 6) is 0. The third kappa shape index (κ3) is 4.35. The van der Waals surface area contributed by atoms with Gasteiger partial charge in [0.05, 0.1) is 19.4 Å². The van der Waals surface area contributed by atoms with Crippen LogP contribution in [0, 0.1) is 0 Å². The molecule has 0 aliphatic heterocycles. The van der Waals surface area contributed by atoms with Gasteiger partial charge in [-0.25, -0.2) is 4.98 Å². The lowest BCUT2D eigenvalue weighted by atomic mass is 10.6. The lowest BCUT2D eigenvalue weighted by Gasteiger charge is -2.15. The van der Waals surface area contributed by atoms with Gasteiger partial charge in [0.1, 0.15) is 0 Å². The molecule has 0 bridgehead atoms. The largest absolute Gasteiger partial charge is 0.443 e. The third-order valence-corrected chi connectivity index (χ3v) is 5.08. The highest BCUT2D eigenvalue weighted by Gasteiger charge is 2.35. The Balaban J connectivity index is 2.82. The average Bonchev–Trinajstić information content (AvgIpc) is 2.65. The molecule has 4 nitrogen and oxygen atoms in total. The van der Waals surface area contributed by atoms with E-state index in [-0.39, 0.29) is 24.3 Å². The first-order valence-corrected chi connectivity index (χ1v) is 7.75. The lowest BCUT2D eigenvalue weighted by molar-refractivity contribution is -0.137. The Hall–Kier alpha value is -0.430. The first-order valence-electron chi connectivity index (χ1n) is 5.20. The summed E-state index contributed by atoms with van der Waals surface area (Å²) in [4.78, 5) is 3.48. The van der Waals surface area contributed by atoms with Crippen molar-refractivity contribution in [3.05, 3.63) is 16.1 Å². The van der Waals surface area contributed by atoms with Gasteiger partial charge in [-0.1, -0.05) is 0 Å². The van der Waals surface area contributed by atoms with Gasteiger partial charge in [0, 0.05) is 11.1 Å². The number of hydrogen-bond donors (Lipinski definition) is 0. The van der Waals surface area contributed by atoms with Crippen LogP contribution in [0.5, 0.6) is 0 Å². The van der Waals surface area contributed by atoms with E-state index in [4.69, 9.17) is 9.05 Å². The second-order valence-electron chi connectivity index (χ2n) is 3.23. The number of nitrogens with zero attached hydrogens (tertiary/aromatic N) is 1. The molecule has 18 heavy (non-hydrogen) atoms.